The van der Waals surface area contributed by atoms with Gasteiger partial charge in [-0.1, -0.05) is 6.92 Å². The van der Waals surface area contributed by atoms with Crippen molar-refractivity contribution in [2.24, 2.45) is 0 Å². The Balaban J connectivity index is 2.83. The smallest absolute Gasteiger partial charge is 0.256 e. The molecular weight excluding hydrogens is 256 g/mol. The average molecular weight is 276 g/mol. The Bertz CT molecular complexity index is 518. The molecule has 0 aliphatic rings. The molecule has 0 heterocycles. The zero-order chi connectivity index (χ0) is 15.2. The van der Waals surface area contributed by atoms with Crippen molar-refractivity contribution in [3.63, 3.8) is 0 Å². The van der Waals surface area contributed by atoms with E-state index in [2.05, 4.69) is 5.32 Å². The van der Waals surface area contributed by atoms with E-state index in [1.54, 1.807) is 32.0 Å². The number of carbonyl (C=O) groups excluding carboxylic acids is 1. The van der Waals surface area contributed by atoms with E-state index in [-0.39, 0.29) is 5.91 Å². The van der Waals surface area contributed by atoms with Crippen molar-refractivity contribution in [2.45, 2.75) is 32.8 Å². The molecular formula is C15H20N2O3. The second-order valence-electron chi connectivity index (χ2n) is 4.84. The second-order valence-corrected chi connectivity index (χ2v) is 4.84. The Labute approximate surface area is 119 Å². The molecule has 1 rings (SSSR count). The van der Waals surface area contributed by atoms with Gasteiger partial charge in [-0.15, -0.1) is 0 Å². The lowest BCUT2D eigenvalue weighted by Crippen LogP contribution is -2.40. The number of nitriles is 1. The first kappa shape index (κ1) is 16.0. The highest BCUT2D eigenvalue weighted by molar-refractivity contribution is 5.96. The minimum atomic E-state index is -0.914. The van der Waals surface area contributed by atoms with Gasteiger partial charge in [-0.05, 0) is 38.5 Å². The van der Waals surface area contributed by atoms with Gasteiger partial charge in [0, 0.05) is 12.3 Å². The van der Waals surface area contributed by atoms with Crippen LogP contribution in [0.1, 0.15) is 32.8 Å². The van der Waals surface area contributed by atoms with Crippen molar-refractivity contribution in [1.29, 1.82) is 5.26 Å². The van der Waals surface area contributed by atoms with E-state index < -0.39 is 5.60 Å². The molecule has 1 amide bonds. The second kappa shape index (κ2) is 6.92. The van der Waals surface area contributed by atoms with Crippen LogP contribution >= 0.6 is 0 Å². The first-order valence-electron chi connectivity index (χ1n) is 6.48. The number of hydrogen-bond donors (Lipinski definition) is 1. The monoisotopic (exact) mass is 276 g/mol. The maximum atomic E-state index is 12.1. The lowest BCUT2D eigenvalue weighted by molar-refractivity contribution is -0.137. The zero-order valence-electron chi connectivity index (χ0n) is 12.3. The summed E-state index contributed by atoms with van der Waals surface area (Å²) in [6.45, 7) is 5.93. The van der Waals surface area contributed by atoms with Gasteiger partial charge < -0.3 is 14.8 Å². The first-order chi connectivity index (χ1) is 9.44. The number of amides is 1. The normalized spacial score (nSPS) is 10.8. The molecule has 1 aromatic rings. The van der Waals surface area contributed by atoms with Crippen LogP contribution in [0.5, 0.6) is 5.75 Å². The van der Waals surface area contributed by atoms with E-state index >= 15 is 0 Å². The molecule has 0 bridgehead atoms. The number of carbonyl (C=O) groups is 1. The first-order valence-corrected chi connectivity index (χ1v) is 6.48. The summed E-state index contributed by atoms with van der Waals surface area (Å²) in [5.41, 5.74) is 0.000969. The summed E-state index contributed by atoms with van der Waals surface area (Å²) < 4.78 is 10.6. The molecule has 1 N–H and O–H groups in total. The number of rotatable bonds is 6. The Morgan fingerprint density at radius 1 is 1.45 bits per heavy atom. The molecule has 0 radical (unpaired) electrons. The largest absolute Gasteiger partial charge is 0.495 e. The van der Waals surface area contributed by atoms with Crippen LogP contribution in [-0.4, -0.2) is 25.2 Å². The third-order valence-electron chi connectivity index (χ3n) is 2.79. The zero-order valence-corrected chi connectivity index (χ0v) is 12.3. The molecule has 20 heavy (non-hydrogen) atoms. The minimum Gasteiger partial charge on any atom is -0.495 e. The topological polar surface area (TPSA) is 71.3 Å². The predicted molar refractivity (Wildman–Crippen MR) is 76.7 cm³/mol. The van der Waals surface area contributed by atoms with Crippen LogP contribution < -0.4 is 10.1 Å². The van der Waals surface area contributed by atoms with Crippen LogP contribution in [-0.2, 0) is 9.53 Å². The van der Waals surface area contributed by atoms with Gasteiger partial charge in [0.2, 0.25) is 0 Å². The van der Waals surface area contributed by atoms with Crippen LogP contribution in [0, 0.1) is 11.3 Å². The Morgan fingerprint density at radius 2 is 2.15 bits per heavy atom. The van der Waals surface area contributed by atoms with Crippen molar-refractivity contribution < 1.29 is 14.3 Å². The average Bonchev–Trinajstić information content (AvgIpc) is 2.44. The third-order valence-corrected chi connectivity index (χ3v) is 2.79. The quantitative estimate of drug-likeness (QED) is 0.867. The summed E-state index contributed by atoms with van der Waals surface area (Å²) in [4.78, 5) is 12.1. The fourth-order valence-electron chi connectivity index (χ4n) is 1.58. The van der Waals surface area contributed by atoms with Gasteiger partial charge in [-0.25, -0.2) is 0 Å². The molecule has 0 aliphatic carbocycles. The molecule has 1 aromatic carbocycles. The van der Waals surface area contributed by atoms with Crippen LogP contribution in [0.25, 0.3) is 0 Å². The van der Waals surface area contributed by atoms with E-state index in [1.807, 2.05) is 13.0 Å². The van der Waals surface area contributed by atoms with Crippen LogP contribution in [0.4, 0.5) is 5.69 Å². The van der Waals surface area contributed by atoms with Crippen molar-refractivity contribution in [3.05, 3.63) is 23.8 Å². The van der Waals surface area contributed by atoms with Gasteiger partial charge in [0.25, 0.3) is 5.91 Å². The van der Waals surface area contributed by atoms with Gasteiger partial charge in [0.05, 0.1) is 12.7 Å². The number of hydrogen-bond acceptors (Lipinski definition) is 4. The summed E-state index contributed by atoms with van der Waals surface area (Å²) >= 11 is 0. The van der Waals surface area contributed by atoms with Gasteiger partial charge in [0.1, 0.15) is 17.4 Å². The summed E-state index contributed by atoms with van der Waals surface area (Å²) in [7, 11) is 1.50. The summed E-state index contributed by atoms with van der Waals surface area (Å²) in [6.07, 6.45) is 0.845. The standard InChI is InChI=1S/C15H20N2O3/c1-5-8-20-15(2,3)14(18)17-12-6-7-13(19-4)11(9-12)10-16/h6-7,9H,5,8H2,1-4H3,(H,17,18). The van der Waals surface area contributed by atoms with Crippen molar-refractivity contribution in [1.82, 2.24) is 0 Å². The molecule has 0 saturated heterocycles. The molecule has 0 aliphatic heterocycles. The number of nitrogens with one attached hydrogen (secondary N) is 1. The van der Waals surface area contributed by atoms with Crippen molar-refractivity contribution >= 4 is 11.6 Å². The molecule has 0 fully saturated rings. The van der Waals surface area contributed by atoms with Crippen LogP contribution in [0.3, 0.4) is 0 Å². The van der Waals surface area contributed by atoms with E-state index in [4.69, 9.17) is 14.7 Å². The lowest BCUT2D eigenvalue weighted by atomic mass is 10.1. The number of benzene rings is 1. The molecule has 0 atom stereocenters. The fourth-order valence-corrected chi connectivity index (χ4v) is 1.58. The summed E-state index contributed by atoms with van der Waals surface area (Å²) in [5, 5.41) is 11.8. The molecule has 0 aromatic heterocycles. The maximum Gasteiger partial charge on any atom is 0.256 e. The van der Waals surface area contributed by atoms with Crippen LogP contribution in [0.15, 0.2) is 18.2 Å². The van der Waals surface area contributed by atoms with Gasteiger partial charge in [-0.2, -0.15) is 5.26 Å². The Kier molecular flexibility index (Phi) is 5.53. The van der Waals surface area contributed by atoms with E-state index in [1.165, 1.54) is 7.11 Å². The van der Waals surface area contributed by atoms with Crippen molar-refractivity contribution in [3.8, 4) is 11.8 Å². The van der Waals surface area contributed by atoms with Gasteiger partial charge >= 0.3 is 0 Å². The number of nitrogens with zero attached hydrogens (tertiary/aromatic N) is 1. The molecule has 5 nitrogen and oxygen atoms in total. The van der Waals surface area contributed by atoms with Crippen molar-refractivity contribution in [2.75, 3.05) is 19.0 Å². The molecule has 0 spiro atoms. The highest BCUT2D eigenvalue weighted by Crippen LogP contribution is 2.23. The molecule has 0 saturated carbocycles. The lowest BCUT2D eigenvalue weighted by Gasteiger charge is -2.24. The number of anilines is 1. The molecule has 5 heteroatoms. The molecule has 0 unspecified atom stereocenters. The van der Waals surface area contributed by atoms with Gasteiger partial charge in [-0.3, -0.25) is 4.79 Å². The number of methoxy groups -OCH3 is 1. The SMILES string of the molecule is CCCOC(C)(C)C(=O)Nc1ccc(OC)c(C#N)c1. The highest BCUT2D eigenvalue weighted by atomic mass is 16.5. The fraction of sp³-hybridized carbons (Fsp3) is 0.467. The maximum absolute atomic E-state index is 12.1. The summed E-state index contributed by atoms with van der Waals surface area (Å²) in [5.74, 6) is 0.229. The predicted octanol–water partition coefficient (Wildman–Crippen LogP) is 2.71. The highest BCUT2D eigenvalue weighted by Gasteiger charge is 2.28. The Morgan fingerprint density at radius 3 is 2.70 bits per heavy atom. The minimum absolute atomic E-state index is 0.250. The van der Waals surface area contributed by atoms with Crippen LogP contribution in [0.2, 0.25) is 0 Å². The van der Waals surface area contributed by atoms with E-state index in [0.717, 1.165) is 6.42 Å². The van der Waals surface area contributed by atoms with E-state index in [9.17, 15) is 4.79 Å². The molecule has 108 valence electrons. The summed E-state index contributed by atoms with van der Waals surface area (Å²) in [6, 6.07) is 6.94. The van der Waals surface area contributed by atoms with E-state index in [0.29, 0.717) is 23.6 Å². The third kappa shape index (κ3) is 3.97. The Hall–Kier alpha value is -2.06. The number of ether oxygens (including phenoxy) is 2. The van der Waals surface area contributed by atoms with Gasteiger partial charge in [0.15, 0.2) is 0 Å².